The summed E-state index contributed by atoms with van der Waals surface area (Å²) < 4.78 is 0. The fourth-order valence-corrected chi connectivity index (χ4v) is 0.766. The van der Waals surface area contributed by atoms with E-state index in [-0.39, 0.29) is 11.1 Å². The average Bonchev–Trinajstić information content (AvgIpc) is 1.92. The molecule has 0 saturated heterocycles. The van der Waals surface area contributed by atoms with Gasteiger partial charge in [0.15, 0.2) is 0 Å². The summed E-state index contributed by atoms with van der Waals surface area (Å²) in [6.07, 6.45) is 4.16. The van der Waals surface area contributed by atoms with E-state index >= 15 is 0 Å². The Hall–Kier alpha value is -0.860. The zero-order valence-corrected chi connectivity index (χ0v) is 7.55. The Morgan fingerprint density at radius 2 is 1.73 bits per heavy atom. The molecule has 1 aliphatic rings. The van der Waals surface area contributed by atoms with Gasteiger partial charge in [0.2, 0.25) is 0 Å². The van der Waals surface area contributed by atoms with Crippen molar-refractivity contribution in [2.45, 2.75) is 38.8 Å². The lowest BCUT2D eigenvalue weighted by Crippen LogP contribution is -2.31. The number of hydrogen-bond acceptors (Lipinski definition) is 3. The normalized spacial score (nSPS) is 25.8. The Bertz CT molecular complexity index is 201. The molecule has 0 amide bonds. The van der Waals surface area contributed by atoms with E-state index in [2.05, 4.69) is 41.8 Å². The van der Waals surface area contributed by atoms with Gasteiger partial charge < -0.3 is 0 Å². The molecule has 3 nitrogen and oxygen atoms in total. The Balaban J connectivity index is 2.86. The molecule has 0 aromatic heterocycles. The molecule has 1 rings (SSSR count). The Kier molecular flexibility index (Phi) is 1.74. The summed E-state index contributed by atoms with van der Waals surface area (Å²) in [6, 6.07) is 0. The predicted octanol–water partition coefficient (Wildman–Crippen LogP) is 2.07. The van der Waals surface area contributed by atoms with Crippen LogP contribution in [-0.4, -0.2) is 11.1 Å². The van der Waals surface area contributed by atoms with Crippen molar-refractivity contribution in [1.82, 2.24) is 5.43 Å². The minimum atomic E-state index is -0.166. The molecule has 1 heterocycles. The highest BCUT2D eigenvalue weighted by Crippen LogP contribution is 2.17. The van der Waals surface area contributed by atoms with Crippen molar-refractivity contribution in [3.05, 3.63) is 12.2 Å². The lowest BCUT2D eigenvalue weighted by molar-refractivity contribution is 0.470. The highest BCUT2D eigenvalue weighted by Gasteiger charge is 2.20. The molecule has 0 saturated carbocycles. The van der Waals surface area contributed by atoms with Crippen LogP contribution < -0.4 is 5.43 Å². The van der Waals surface area contributed by atoms with Gasteiger partial charge in [-0.2, -0.15) is 5.11 Å². The first-order chi connectivity index (χ1) is 4.91. The third-order valence-electron chi connectivity index (χ3n) is 1.55. The van der Waals surface area contributed by atoms with Crippen molar-refractivity contribution in [2.24, 2.45) is 10.3 Å². The van der Waals surface area contributed by atoms with Crippen molar-refractivity contribution in [2.75, 3.05) is 0 Å². The highest BCUT2D eigenvalue weighted by atomic mass is 15.5. The van der Waals surface area contributed by atoms with Crippen LogP contribution in [0.3, 0.4) is 0 Å². The monoisotopic (exact) mass is 153 g/mol. The maximum absolute atomic E-state index is 4.08. The quantitative estimate of drug-likeness (QED) is 0.531. The molecule has 0 aliphatic carbocycles. The SMILES string of the molecule is CC1(C)C=CC(C)(C)NN=N1. The van der Waals surface area contributed by atoms with Crippen LogP contribution in [0.25, 0.3) is 0 Å². The van der Waals surface area contributed by atoms with Crippen LogP contribution in [-0.2, 0) is 0 Å². The van der Waals surface area contributed by atoms with Gasteiger partial charge in [0, 0.05) is 0 Å². The van der Waals surface area contributed by atoms with Crippen LogP contribution in [0.1, 0.15) is 27.7 Å². The largest absolute Gasteiger partial charge is 0.282 e. The van der Waals surface area contributed by atoms with E-state index in [1.165, 1.54) is 0 Å². The molecular formula is C8H15N3. The van der Waals surface area contributed by atoms with E-state index in [1.807, 2.05) is 13.8 Å². The van der Waals surface area contributed by atoms with Crippen LogP contribution in [0.4, 0.5) is 0 Å². The third-order valence-corrected chi connectivity index (χ3v) is 1.55. The molecule has 0 aromatic rings. The fraction of sp³-hybridized carbons (Fsp3) is 0.750. The standard InChI is InChI=1S/C8H15N3/c1-7(2)5-6-8(3,4)10-11-9-7/h5-6H,1-4H3,(H,9,10). The first-order valence-electron chi connectivity index (χ1n) is 3.81. The smallest absolute Gasteiger partial charge is 0.0961 e. The maximum Gasteiger partial charge on any atom is 0.0961 e. The van der Waals surface area contributed by atoms with Crippen molar-refractivity contribution >= 4 is 0 Å². The van der Waals surface area contributed by atoms with Crippen molar-refractivity contribution in [3.63, 3.8) is 0 Å². The van der Waals surface area contributed by atoms with Gasteiger partial charge >= 0.3 is 0 Å². The minimum Gasteiger partial charge on any atom is -0.282 e. The van der Waals surface area contributed by atoms with E-state index in [0.717, 1.165) is 0 Å². The number of rotatable bonds is 0. The van der Waals surface area contributed by atoms with Crippen LogP contribution in [0.2, 0.25) is 0 Å². The lowest BCUT2D eigenvalue weighted by Gasteiger charge is -2.16. The molecule has 0 aromatic carbocycles. The summed E-state index contributed by atoms with van der Waals surface area (Å²) in [7, 11) is 0. The van der Waals surface area contributed by atoms with Crippen LogP contribution in [0, 0.1) is 0 Å². The van der Waals surface area contributed by atoms with E-state index in [1.54, 1.807) is 0 Å². The minimum absolute atomic E-state index is 0.0722. The Labute approximate surface area is 67.6 Å². The van der Waals surface area contributed by atoms with Gasteiger partial charge in [-0.25, -0.2) is 0 Å². The zero-order chi connectivity index (χ0) is 8.54. The van der Waals surface area contributed by atoms with E-state index in [0.29, 0.717) is 0 Å². The summed E-state index contributed by atoms with van der Waals surface area (Å²) in [5.41, 5.74) is 2.71. The molecular weight excluding hydrogens is 138 g/mol. The number of hydrogen-bond donors (Lipinski definition) is 1. The Morgan fingerprint density at radius 1 is 1.09 bits per heavy atom. The second kappa shape index (κ2) is 2.32. The molecule has 62 valence electrons. The first kappa shape index (κ1) is 8.24. The summed E-state index contributed by atoms with van der Waals surface area (Å²) in [5.74, 6) is 0. The van der Waals surface area contributed by atoms with Crippen molar-refractivity contribution < 1.29 is 0 Å². The van der Waals surface area contributed by atoms with Gasteiger partial charge in [-0.1, -0.05) is 17.4 Å². The number of nitrogens with one attached hydrogen (secondary N) is 1. The lowest BCUT2D eigenvalue weighted by atomic mass is 10.0. The number of nitrogens with zero attached hydrogens (tertiary/aromatic N) is 2. The molecule has 0 fully saturated rings. The molecule has 0 atom stereocenters. The second-order valence-electron chi connectivity index (χ2n) is 4.02. The topological polar surface area (TPSA) is 36.8 Å². The molecule has 0 bridgehead atoms. The summed E-state index contributed by atoms with van der Waals surface area (Å²) in [5, 5.41) is 7.97. The maximum atomic E-state index is 4.08. The Morgan fingerprint density at radius 3 is 2.36 bits per heavy atom. The van der Waals surface area contributed by atoms with Crippen LogP contribution in [0.5, 0.6) is 0 Å². The van der Waals surface area contributed by atoms with Crippen LogP contribution >= 0.6 is 0 Å². The van der Waals surface area contributed by atoms with Crippen molar-refractivity contribution in [3.8, 4) is 0 Å². The highest BCUT2D eigenvalue weighted by molar-refractivity contribution is 5.10. The average molecular weight is 153 g/mol. The third kappa shape index (κ3) is 2.33. The van der Waals surface area contributed by atoms with Gasteiger partial charge in [0.05, 0.1) is 11.1 Å². The summed E-state index contributed by atoms with van der Waals surface area (Å²) in [4.78, 5) is 0. The van der Waals surface area contributed by atoms with Gasteiger partial charge in [-0.3, -0.25) is 5.43 Å². The molecule has 0 spiro atoms. The van der Waals surface area contributed by atoms with E-state index in [4.69, 9.17) is 0 Å². The van der Waals surface area contributed by atoms with Crippen molar-refractivity contribution in [1.29, 1.82) is 0 Å². The molecule has 1 aliphatic heterocycles. The van der Waals surface area contributed by atoms with Gasteiger partial charge in [0.25, 0.3) is 0 Å². The molecule has 0 unspecified atom stereocenters. The van der Waals surface area contributed by atoms with E-state index < -0.39 is 0 Å². The fourth-order valence-electron chi connectivity index (χ4n) is 0.766. The van der Waals surface area contributed by atoms with Gasteiger partial charge in [-0.15, -0.1) is 0 Å². The molecule has 11 heavy (non-hydrogen) atoms. The summed E-state index contributed by atoms with van der Waals surface area (Å²) >= 11 is 0. The first-order valence-corrected chi connectivity index (χ1v) is 3.81. The van der Waals surface area contributed by atoms with Gasteiger partial charge in [-0.05, 0) is 27.7 Å². The summed E-state index contributed by atoms with van der Waals surface area (Å²) in [6.45, 7) is 8.17. The zero-order valence-electron chi connectivity index (χ0n) is 7.55. The van der Waals surface area contributed by atoms with Gasteiger partial charge in [0.1, 0.15) is 0 Å². The predicted molar refractivity (Wildman–Crippen MR) is 45.3 cm³/mol. The van der Waals surface area contributed by atoms with E-state index in [9.17, 15) is 0 Å². The molecule has 3 heteroatoms. The molecule has 0 radical (unpaired) electrons. The second-order valence-corrected chi connectivity index (χ2v) is 4.02. The molecule has 1 N–H and O–H groups in total. The van der Waals surface area contributed by atoms with Crippen LogP contribution in [0.15, 0.2) is 22.5 Å².